The van der Waals surface area contributed by atoms with E-state index in [1.165, 1.54) is 0 Å². The standard InChI is InChI=1S/C15H10F3NOS/c1-21-13-5-3-12(4-6-13)20-14-7-2-11(15(16,17)18)8-10(14)9-19/h2-8H,1H3. The van der Waals surface area contributed by atoms with E-state index in [4.69, 9.17) is 10.00 Å². The van der Waals surface area contributed by atoms with Crippen molar-refractivity contribution in [2.75, 3.05) is 6.26 Å². The summed E-state index contributed by atoms with van der Waals surface area (Å²) in [6.45, 7) is 0. The van der Waals surface area contributed by atoms with Crippen LogP contribution in [0.4, 0.5) is 13.2 Å². The molecule has 108 valence electrons. The van der Waals surface area contributed by atoms with Crippen LogP contribution >= 0.6 is 11.8 Å². The minimum Gasteiger partial charge on any atom is -0.456 e. The largest absolute Gasteiger partial charge is 0.456 e. The molecule has 0 aliphatic carbocycles. The number of hydrogen-bond acceptors (Lipinski definition) is 3. The number of nitriles is 1. The van der Waals surface area contributed by atoms with Gasteiger partial charge < -0.3 is 4.74 Å². The number of thioether (sulfide) groups is 1. The zero-order chi connectivity index (χ0) is 15.5. The van der Waals surface area contributed by atoms with Crippen molar-refractivity contribution in [3.63, 3.8) is 0 Å². The molecule has 0 aliphatic rings. The van der Waals surface area contributed by atoms with E-state index in [1.54, 1.807) is 30.0 Å². The molecule has 0 radical (unpaired) electrons. The number of ether oxygens (including phenoxy) is 1. The van der Waals surface area contributed by atoms with E-state index in [0.717, 1.165) is 23.1 Å². The Morgan fingerprint density at radius 1 is 1.10 bits per heavy atom. The molecule has 0 atom stereocenters. The van der Waals surface area contributed by atoms with Gasteiger partial charge >= 0.3 is 6.18 Å². The summed E-state index contributed by atoms with van der Waals surface area (Å²) in [5, 5.41) is 8.97. The van der Waals surface area contributed by atoms with E-state index in [0.29, 0.717) is 5.75 Å². The van der Waals surface area contributed by atoms with Crippen LogP contribution in [0.2, 0.25) is 0 Å². The fourth-order valence-electron chi connectivity index (χ4n) is 1.65. The highest BCUT2D eigenvalue weighted by atomic mass is 32.2. The quantitative estimate of drug-likeness (QED) is 0.740. The predicted octanol–water partition coefficient (Wildman–Crippen LogP) is 5.09. The Labute approximate surface area is 124 Å². The highest BCUT2D eigenvalue weighted by Gasteiger charge is 2.31. The first-order valence-corrected chi connectivity index (χ1v) is 7.10. The molecule has 21 heavy (non-hydrogen) atoms. The maximum Gasteiger partial charge on any atom is 0.416 e. The van der Waals surface area contributed by atoms with Crippen molar-refractivity contribution in [1.29, 1.82) is 5.26 Å². The molecule has 0 aliphatic heterocycles. The molecule has 0 aromatic heterocycles. The average Bonchev–Trinajstić information content (AvgIpc) is 2.47. The second kappa shape index (κ2) is 6.10. The van der Waals surface area contributed by atoms with E-state index >= 15 is 0 Å². The monoisotopic (exact) mass is 309 g/mol. The molecule has 0 N–H and O–H groups in total. The first kappa shape index (κ1) is 15.3. The lowest BCUT2D eigenvalue weighted by Crippen LogP contribution is -2.05. The minimum absolute atomic E-state index is 0.0994. The molecule has 2 aromatic rings. The maximum absolute atomic E-state index is 12.6. The van der Waals surface area contributed by atoms with Gasteiger partial charge in [-0.05, 0) is 48.7 Å². The summed E-state index contributed by atoms with van der Waals surface area (Å²) < 4.78 is 43.2. The van der Waals surface area contributed by atoms with E-state index in [2.05, 4.69) is 0 Å². The van der Waals surface area contributed by atoms with Gasteiger partial charge in [0.15, 0.2) is 0 Å². The van der Waals surface area contributed by atoms with Crippen LogP contribution in [0.15, 0.2) is 47.4 Å². The van der Waals surface area contributed by atoms with Crippen LogP contribution < -0.4 is 4.74 Å². The molecule has 0 heterocycles. The zero-order valence-corrected chi connectivity index (χ0v) is 11.8. The summed E-state index contributed by atoms with van der Waals surface area (Å²) in [6.07, 6.45) is -2.55. The number of benzene rings is 2. The number of hydrogen-bond donors (Lipinski definition) is 0. The smallest absolute Gasteiger partial charge is 0.416 e. The molecule has 0 saturated carbocycles. The molecule has 6 heteroatoms. The second-order valence-corrected chi connectivity index (χ2v) is 4.98. The lowest BCUT2D eigenvalue weighted by atomic mass is 10.1. The highest BCUT2D eigenvalue weighted by Crippen LogP contribution is 2.34. The summed E-state index contributed by atoms with van der Waals surface area (Å²) in [5.41, 5.74) is -1.03. The maximum atomic E-state index is 12.6. The van der Waals surface area contributed by atoms with Crippen LogP contribution in [0.1, 0.15) is 11.1 Å². The van der Waals surface area contributed by atoms with Crippen LogP contribution in [0.3, 0.4) is 0 Å². The van der Waals surface area contributed by atoms with Gasteiger partial charge in [0.05, 0.1) is 11.1 Å². The molecule has 2 nitrogen and oxygen atoms in total. The van der Waals surface area contributed by atoms with Crippen molar-refractivity contribution < 1.29 is 17.9 Å². The molecule has 0 bridgehead atoms. The van der Waals surface area contributed by atoms with Crippen molar-refractivity contribution in [3.8, 4) is 17.6 Å². The summed E-state index contributed by atoms with van der Waals surface area (Å²) in [4.78, 5) is 1.04. The number of alkyl halides is 3. The SMILES string of the molecule is CSc1ccc(Oc2ccc(C(F)(F)F)cc2C#N)cc1. The normalized spacial score (nSPS) is 11.0. The van der Waals surface area contributed by atoms with Gasteiger partial charge in [-0.2, -0.15) is 18.4 Å². The van der Waals surface area contributed by atoms with Crippen LogP contribution in [0, 0.1) is 11.3 Å². The molecule has 0 unspecified atom stereocenters. The van der Waals surface area contributed by atoms with Gasteiger partial charge in [-0.1, -0.05) is 0 Å². The van der Waals surface area contributed by atoms with Gasteiger partial charge in [-0.3, -0.25) is 0 Å². The van der Waals surface area contributed by atoms with Crippen LogP contribution in [-0.2, 0) is 6.18 Å². The Kier molecular flexibility index (Phi) is 4.43. The third-order valence-electron chi connectivity index (χ3n) is 2.71. The lowest BCUT2D eigenvalue weighted by Gasteiger charge is -2.11. The third kappa shape index (κ3) is 3.70. The number of rotatable bonds is 3. The first-order valence-electron chi connectivity index (χ1n) is 5.87. The molecule has 0 spiro atoms. The van der Waals surface area contributed by atoms with E-state index in [-0.39, 0.29) is 11.3 Å². The topological polar surface area (TPSA) is 33.0 Å². The Bertz CT molecular complexity index is 675. The number of nitrogens with zero attached hydrogens (tertiary/aromatic N) is 1. The highest BCUT2D eigenvalue weighted by molar-refractivity contribution is 7.98. The summed E-state index contributed by atoms with van der Waals surface area (Å²) in [5.74, 6) is 0.562. The third-order valence-corrected chi connectivity index (χ3v) is 3.46. The summed E-state index contributed by atoms with van der Waals surface area (Å²) in [7, 11) is 0. The zero-order valence-electron chi connectivity index (χ0n) is 10.9. The van der Waals surface area contributed by atoms with Gasteiger partial charge in [0.25, 0.3) is 0 Å². The van der Waals surface area contributed by atoms with Crippen molar-refractivity contribution in [2.45, 2.75) is 11.1 Å². The fraction of sp³-hybridized carbons (Fsp3) is 0.133. The molecule has 0 amide bonds. The van der Waals surface area contributed by atoms with Crippen LogP contribution in [0.5, 0.6) is 11.5 Å². The van der Waals surface area contributed by atoms with Gasteiger partial charge in [0.2, 0.25) is 0 Å². The molecule has 2 aromatic carbocycles. The second-order valence-electron chi connectivity index (χ2n) is 4.10. The Morgan fingerprint density at radius 2 is 1.76 bits per heavy atom. The molecular weight excluding hydrogens is 299 g/mol. The van der Waals surface area contributed by atoms with E-state index < -0.39 is 11.7 Å². The Morgan fingerprint density at radius 3 is 2.29 bits per heavy atom. The number of halogens is 3. The molecular formula is C15H10F3NOS. The van der Waals surface area contributed by atoms with E-state index in [9.17, 15) is 13.2 Å². The van der Waals surface area contributed by atoms with Crippen LogP contribution in [-0.4, -0.2) is 6.26 Å². The van der Waals surface area contributed by atoms with Crippen molar-refractivity contribution in [2.24, 2.45) is 0 Å². The Hall–Kier alpha value is -2.13. The Balaban J connectivity index is 2.29. The lowest BCUT2D eigenvalue weighted by molar-refractivity contribution is -0.137. The molecule has 0 fully saturated rings. The van der Waals surface area contributed by atoms with Gasteiger partial charge in [-0.25, -0.2) is 0 Å². The molecule has 2 rings (SSSR count). The van der Waals surface area contributed by atoms with Gasteiger partial charge in [0.1, 0.15) is 17.6 Å². The van der Waals surface area contributed by atoms with Gasteiger partial charge in [-0.15, -0.1) is 11.8 Å². The predicted molar refractivity (Wildman–Crippen MR) is 74.5 cm³/mol. The van der Waals surface area contributed by atoms with Gasteiger partial charge in [0, 0.05) is 4.90 Å². The molecule has 0 saturated heterocycles. The summed E-state index contributed by atoms with van der Waals surface area (Å²) in [6, 6.07) is 11.6. The first-order chi connectivity index (χ1) is 9.94. The average molecular weight is 309 g/mol. The van der Waals surface area contributed by atoms with Crippen molar-refractivity contribution in [3.05, 3.63) is 53.6 Å². The van der Waals surface area contributed by atoms with E-state index in [1.807, 2.05) is 18.4 Å². The minimum atomic E-state index is -4.48. The van der Waals surface area contributed by atoms with Crippen molar-refractivity contribution in [1.82, 2.24) is 0 Å². The van der Waals surface area contributed by atoms with Crippen LogP contribution in [0.25, 0.3) is 0 Å². The summed E-state index contributed by atoms with van der Waals surface area (Å²) >= 11 is 1.56. The van der Waals surface area contributed by atoms with Crippen molar-refractivity contribution >= 4 is 11.8 Å². The fourth-order valence-corrected chi connectivity index (χ4v) is 2.06.